The van der Waals surface area contributed by atoms with Gasteiger partial charge in [0.25, 0.3) is 0 Å². The number of hydrogen-bond donors (Lipinski definition) is 1. The molecule has 2 atom stereocenters. The molecule has 0 bridgehead atoms. The van der Waals surface area contributed by atoms with Crippen molar-refractivity contribution in [3.8, 4) is 0 Å². The lowest BCUT2D eigenvalue weighted by Crippen LogP contribution is -2.59. The predicted molar refractivity (Wildman–Crippen MR) is 76.8 cm³/mol. The molecule has 106 valence electrons. The first-order valence-corrected chi connectivity index (χ1v) is 7.30. The summed E-state index contributed by atoms with van der Waals surface area (Å²) in [6.45, 7) is 6.68. The first-order valence-electron chi connectivity index (χ1n) is 7.30. The van der Waals surface area contributed by atoms with Crippen LogP contribution in [0.25, 0.3) is 0 Å². The van der Waals surface area contributed by atoms with Crippen molar-refractivity contribution in [1.82, 2.24) is 14.7 Å². The van der Waals surface area contributed by atoms with Crippen LogP contribution in [0.2, 0.25) is 0 Å². The van der Waals surface area contributed by atoms with Crippen molar-refractivity contribution in [3.05, 3.63) is 0 Å². The molecule has 2 saturated heterocycles. The van der Waals surface area contributed by atoms with Gasteiger partial charge in [-0.25, -0.2) is 0 Å². The second-order valence-electron chi connectivity index (χ2n) is 6.58. The molecule has 2 N–H and O–H groups in total. The lowest BCUT2D eigenvalue weighted by atomic mass is 9.90. The zero-order valence-electron chi connectivity index (χ0n) is 12.5. The van der Waals surface area contributed by atoms with E-state index in [1.807, 2.05) is 0 Å². The summed E-state index contributed by atoms with van der Waals surface area (Å²) in [6.07, 6.45) is 3.80. The fourth-order valence-corrected chi connectivity index (χ4v) is 3.75. The highest BCUT2D eigenvalue weighted by molar-refractivity contribution is 5.03. The molecule has 0 aromatic carbocycles. The van der Waals surface area contributed by atoms with E-state index in [1.165, 1.54) is 32.4 Å². The van der Waals surface area contributed by atoms with E-state index in [0.29, 0.717) is 6.04 Å². The van der Waals surface area contributed by atoms with Gasteiger partial charge in [-0.05, 0) is 47.3 Å². The van der Waals surface area contributed by atoms with Crippen LogP contribution in [0.4, 0.5) is 0 Å². The second kappa shape index (κ2) is 5.45. The molecule has 2 aliphatic rings. The van der Waals surface area contributed by atoms with E-state index in [9.17, 15) is 0 Å². The SMILES string of the molecule is CC1CC(CN)(N2CCC(N(C)C)CC2)CN1C. The van der Waals surface area contributed by atoms with Gasteiger partial charge < -0.3 is 15.5 Å². The summed E-state index contributed by atoms with van der Waals surface area (Å²) in [5.41, 5.74) is 6.38. The van der Waals surface area contributed by atoms with Crippen molar-refractivity contribution in [3.63, 3.8) is 0 Å². The van der Waals surface area contributed by atoms with Gasteiger partial charge in [0.1, 0.15) is 0 Å². The summed E-state index contributed by atoms with van der Waals surface area (Å²) in [7, 11) is 6.63. The lowest BCUT2D eigenvalue weighted by molar-refractivity contribution is 0.0510. The predicted octanol–water partition coefficient (Wildman–Crippen LogP) is 0.434. The van der Waals surface area contributed by atoms with Crippen LogP contribution < -0.4 is 5.73 Å². The third kappa shape index (κ3) is 2.57. The van der Waals surface area contributed by atoms with Gasteiger partial charge in [0, 0.05) is 43.8 Å². The Balaban J connectivity index is 1.99. The largest absolute Gasteiger partial charge is 0.329 e. The molecule has 2 heterocycles. The molecule has 2 fully saturated rings. The van der Waals surface area contributed by atoms with E-state index in [2.05, 4.69) is 42.8 Å². The highest BCUT2D eigenvalue weighted by atomic mass is 15.3. The number of nitrogens with zero attached hydrogens (tertiary/aromatic N) is 3. The van der Waals surface area contributed by atoms with Gasteiger partial charge in [-0.15, -0.1) is 0 Å². The second-order valence-corrected chi connectivity index (χ2v) is 6.58. The van der Waals surface area contributed by atoms with E-state index >= 15 is 0 Å². The maximum absolute atomic E-state index is 6.14. The van der Waals surface area contributed by atoms with Crippen molar-refractivity contribution in [2.75, 3.05) is 47.3 Å². The van der Waals surface area contributed by atoms with E-state index < -0.39 is 0 Å². The topological polar surface area (TPSA) is 35.7 Å². The minimum absolute atomic E-state index is 0.242. The Hall–Kier alpha value is -0.160. The zero-order valence-corrected chi connectivity index (χ0v) is 12.5. The average molecular weight is 254 g/mol. The Morgan fingerprint density at radius 2 is 1.89 bits per heavy atom. The van der Waals surface area contributed by atoms with Crippen LogP contribution in [-0.4, -0.2) is 79.6 Å². The molecule has 18 heavy (non-hydrogen) atoms. The summed E-state index contributed by atoms with van der Waals surface area (Å²) < 4.78 is 0. The standard InChI is InChI=1S/C14H30N4/c1-12-9-14(10-15,11-17(12)4)18-7-5-13(6-8-18)16(2)3/h12-13H,5-11,15H2,1-4H3. The minimum atomic E-state index is 0.242. The molecule has 0 aromatic rings. The summed E-state index contributed by atoms with van der Waals surface area (Å²) >= 11 is 0. The molecule has 0 spiro atoms. The number of hydrogen-bond acceptors (Lipinski definition) is 4. The van der Waals surface area contributed by atoms with E-state index in [-0.39, 0.29) is 5.54 Å². The number of likely N-dealkylation sites (tertiary alicyclic amines) is 2. The molecular weight excluding hydrogens is 224 g/mol. The van der Waals surface area contributed by atoms with Crippen molar-refractivity contribution >= 4 is 0 Å². The number of piperidine rings is 1. The quantitative estimate of drug-likeness (QED) is 0.792. The van der Waals surface area contributed by atoms with Crippen LogP contribution in [0.5, 0.6) is 0 Å². The average Bonchev–Trinajstić information content (AvgIpc) is 2.66. The molecular formula is C14H30N4. The summed E-state index contributed by atoms with van der Waals surface area (Å²) in [6, 6.07) is 1.42. The van der Waals surface area contributed by atoms with E-state index in [4.69, 9.17) is 5.73 Å². The van der Waals surface area contributed by atoms with Crippen molar-refractivity contribution < 1.29 is 0 Å². The zero-order chi connectivity index (χ0) is 13.3. The number of likely N-dealkylation sites (N-methyl/N-ethyl adjacent to an activating group) is 1. The lowest BCUT2D eigenvalue weighted by Gasteiger charge is -2.45. The van der Waals surface area contributed by atoms with Crippen LogP contribution in [0.15, 0.2) is 0 Å². The molecule has 2 unspecified atom stereocenters. The summed E-state index contributed by atoms with van der Waals surface area (Å²) in [5.74, 6) is 0. The molecule has 0 amide bonds. The Morgan fingerprint density at radius 1 is 1.28 bits per heavy atom. The van der Waals surface area contributed by atoms with Crippen molar-refractivity contribution in [2.24, 2.45) is 5.73 Å². The van der Waals surface area contributed by atoms with E-state index in [1.54, 1.807) is 0 Å². The van der Waals surface area contributed by atoms with Gasteiger partial charge in [-0.1, -0.05) is 0 Å². The monoisotopic (exact) mass is 254 g/mol. The van der Waals surface area contributed by atoms with Gasteiger partial charge in [-0.2, -0.15) is 0 Å². The molecule has 0 saturated carbocycles. The van der Waals surface area contributed by atoms with Gasteiger partial charge >= 0.3 is 0 Å². The fraction of sp³-hybridized carbons (Fsp3) is 1.00. The summed E-state index contributed by atoms with van der Waals surface area (Å²) in [5, 5.41) is 0. The van der Waals surface area contributed by atoms with Gasteiger partial charge in [0.15, 0.2) is 0 Å². The molecule has 4 nitrogen and oxygen atoms in total. The smallest absolute Gasteiger partial charge is 0.0473 e. The van der Waals surface area contributed by atoms with Gasteiger partial charge in [0.05, 0.1) is 0 Å². The van der Waals surface area contributed by atoms with Crippen molar-refractivity contribution in [2.45, 2.75) is 43.8 Å². The van der Waals surface area contributed by atoms with Gasteiger partial charge in [-0.3, -0.25) is 4.90 Å². The Labute approximate surface area is 112 Å². The molecule has 2 aliphatic heterocycles. The minimum Gasteiger partial charge on any atom is -0.329 e. The highest BCUT2D eigenvalue weighted by Gasteiger charge is 2.44. The normalized spacial score (nSPS) is 36.7. The van der Waals surface area contributed by atoms with Crippen LogP contribution >= 0.6 is 0 Å². The molecule has 4 heteroatoms. The molecule has 0 radical (unpaired) electrons. The maximum Gasteiger partial charge on any atom is 0.0473 e. The molecule has 2 rings (SSSR count). The number of rotatable bonds is 3. The van der Waals surface area contributed by atoms with Crippen molar-refractivity contribution in [1.29, 1.82) is 0 Å². The third-order valence-electron chi connectivity index (χ3n) is 5.22. The maximum atomic E-state index is 6.14. The third-order valence-corrected chi connectivity index (χ3v) is 5.22. The van der Waals surface area contributed by atoms with E-state index in [0.717, 1.165) is 19.1 Å². The summed E-state index contributed by atoms with van der Waals surface area (Å²) in [4.78, 5) is 7.51. The van der Waals surface area contributed by atoms with Crippen LogP contribution in [0.1, 0.15) is 26.2 Å². The molecule has 0 aromatic heterocycles. The Bertz CT molecular complexity index is 261. The van der Waals surface area contributed by atoms with Gasteiger partial charge in [0.2, 0.25) is 0 Å². The Kier molecular flexibility index (Phi) is 4.32. The van der Waals surface area contributed by atoms with Crippen LogP contribution in [0.3, 0.4) is 0 Å². The number of nitrogens with two attached hydrogens (primary N) is 1. The van der Waals surface area contributed by atoms with Crippen LogP contribution in [-0.2, 0) is 0 Å². The van der Waals surface area contributed by atoms with Crippen LogP contribution in [0, 0.1) is 0 Å². The first kappa shape index (κ1) is 14.3. The fourth-order valence-electron chi connectivity index (χ4n) is 3.75. The Morgan fingerprint density at radius 3 is 2.28 bits per heavy atom. The molecule has 0 aliphatic carbocycles. The highest BCUT2D eigenvalue weighted by Crippen LogP contribution is 2.33. The first-order chi connectivity index (χ1) is 8.48.